The molecule has 0 aromatic carbocycles. The van der Waals surface area contributed by atoms with Crippen LogP contribution in [-0.4, -0.2) is 57.1 Å². The van der Waals surface area contributed by atoms with Crippen molar-refractivity contribution in [2.45, 2.75) is 44.2 Å². The molecule has 1 amide bonds. The number of likely N-dealkylation sites (tertiary alicyclic amines) is 2. The fraction of sp³-hybridized carbons (Fsp3) is 0.750. The van der Waals surface area contributed by atoms with Crippen LogP contribution >= 0.6 is 0 Å². The second-order valence-corrected chi connectivity index (χ2v) is 6.58. The number of aryl methyl sites for hydroxylation is 1. The zero-order valence-electron chi connectivity index (χ0n) is 13.3. The van der Waals surface area contributed by atoms with E-state index in [9.17, 15) is 9.18 Å². The molecule has 2 fully saturated rings. The van der Waals surface area contributed by atoms with Gasteiger partial charge in [0.2, 0.25) is 5.91 Å². The predicted octanol–water partition coefficient (Wildman–Crippen LogP) is 1.74. The van der Waals surface area contributed by atoms with Crippen molar-refractivity contribution in [2.75, 3.05) is 26.3 Å². The average Bonchev–Trinajstić information content (AvgIpc) is 2.95. The Hall–Kier alpha value is -1.43. The van der Waals surface area contributed by atoms with E-state index in [1.807, 2.05) is 24.5 Å². The minimum Gasteiger partial charge on any atom is -0.337 e. The zero-order chi connectivity index (χ0) is 15.6. The van der Waals surface area contributed by atoms with Gasteiger partial charge in [-0.3, -0.25) is 9.69 Å². The molecular weight excluding hydrogens is 283 g/mol. The largest absolute Gasteiger partial charge is 0.337 e. The van der Waals surface area contributed by atoms with E-state index in [2.05, 4.69) is 14.5 Å². The van der Waals surface area contributed by atoms with Crippen LogP contribution in [0.4, 0.5) is 4.39 Å². The van der Waals surface area contributed by atoms with Crippen molar-refractivity contribution in [2.24, 2.45) is 7.05 Å². The van der Waals surface area contributed by atoms with Gasteiger partial charge in [-0.1, -0.05) is 0 Å². The molecule has 3 heterocycles. The van der Waals surface area contributed by atoms with Crippen molar-refractivity contribution in [3.05, 3.63) is 18.2 Å². The SMILES string of the molecule is Cn1cncc1CN1CCC[C@]2(CCC(=O)N2CCF)CC1. The van der Waals surface area contributed by atoms with Gasteiger partial charge in [-0.15, -0.1) is 0 Å². The lowest BCUT2D eigenvalue weighted by Gasteiger charge is -2.37. The van der Waals surface area contributed by atoms with E-state index in [1.54, 1.807) is 0 Å². The van der Waals surface area contributed by atoms with Crippen LogP contribution in [0.1, 0.15) is 37.8 Å². The van der Waals surface area contributed by atoms with E-state index in [-0.39, 0.29) is 18.0 Å². The molecule has 0 radical (unpaired) electrons. The van der Waals surface area contributed by atoms with Crippen molar-refractivity contribution in [1.82, 2.24) is 19.4 Å². The molecule has 2 aliphatic heterocycles. The van der Waals surface area contributed by atoms with Crippen LogP contribution in [0.5, 0.6) is 0 Å². The first-order chi connectivity index (χ1) is 10.6. The number of rotatable bonds is 4. The third-order valence-electron chi connectivity index (χ3n) is 5.30. The van der Waals surface area contributed by atoms with Gasteiger partial charge in [0, 0.05) is 44.8 Å². The Morgan fingerprint density at radius 1 is 1.32 bits per heavy atom. The molecule has 6 heteroatoms. The number of carbonyl (C=O) groups is 1. The summed E-state index contributed by atoms with van der Waals surface area (Å²) in [6.07, 6.45) is 8.24. The molecule has 2 aliphatic rings. The summed E-state index contributed by atoms with van der Waals surface area (Å²) >= 11 is 0. The molecule has 22 heavy (non-hydrogen) atoms. The van der Waals surface area contributed by atoms with Crippen molar-refractivity contribution >= 4 is 5.91 Å². The first-order valence-electron chi connectivity index (χ1n) is 8.19. The molecule has 1 aromatic heterocycles. The monoisotopic (exact) mass is 308 g/mol. The molecular formula is C16H25FN4O. The maximum absolute atomic E-state index is 12.8. The highest BCUT2D eigenvalue weighted by Crippen LogP contribution is 2.39. The van der Waals surface area contributed by atoms with Crippen molar-refractivity contribution in [3.63, 3.8) is 0 Å². The van der Waals surface area contributed by atoms with Gasteiger partial charge in [0.15, 0.2) is 0 Å². The molecule has 1 spiro atoms. The summed E-state index contributed by atoms with van der Waals surface area (Å²) in [4.78, 5) is 20.5. The van der Waals surface area contributed by atoms with E-state index in [0.29, 0.717) is 6.42 Å². The Kier molecular flexibility index (Phi) is 4.47. The van der Waals surface area contributed by atoms with Crippen LogP contribution in [0.3, 0.4) is 0 Å². The van der Waals surface area contributed by atoms with Gasteiger partial charge in [-0.2, -0.15) is 0 Å². The first-order valence-corrected chi connectivity index (χ1v) is 8.19. The van der Waals surface area contributed by atoms with E-state index < -0.39 is 6.67 Å². The second-order valence-electron chi connectivity index (χ2n) is 6.58. The van der Waals surface area contributed by atoms with Gasteiger partial charge in [0.05, 0.1) is 12.0 Å². The van der Waals surface area contributed by atoms with E-state index in [1.165, 1.54) is 5.69 Å². The number of hydrogen-bond acceptors (Lipinski definition) is 3. The van der Waals surface area contributed by atoms with Gasteiger partial charge in [-0.05, 0) is 32.2 Å². The van der Waals surface area contributed by atoms with Gasteiger partial charge < -0.3 is 9.47 Å². The second kappa shape index (κ2) is 6.36. The quantitative estimate of drug-likeness (QED) is 0.851. The normalized spacial score (nSPS) is 26.8. The van der Waals surface area contributed by atoms with Crippen molar-refractivity contribution < 1.29 is 9.18 Å². The first kappa shape index (κ1) is 15.5. The fourth-order valence-electron chi connectivity index (χ4n) is 4.00. The zero-order valence-corrected chi connectivity index (χ0v) is 13.3. The van der Waals surface area contributed by atoms with E-state index >= 15 is 0 Å². The maximum atomic E-state index is 12.8. The highest BCUT2D eigenvalue weighted by atomic mass is 19.1. The fourth-order valence-corrected chi connectivity index (χ4v) is 4.00. The molecule has 3 rings (SSSR count). The average molecular weight is 308 g/mol. The number of imidazole rings is 1. The molecule has 1 aromatic rings. The summed E-state index contributed by atoms with van der Waals surface area (Å²) in [5.74, 6) is 0.137. The van der Waals surface area contributed by atoms with Crippen molar-refractivity contribution in [3.8, 4) is 0 Å². The number of carbonyl (C=O) groups excluding carboxylic acids is 1. The predicted molar refractivity (Wildman–Crippen MR) is 82.0 cm³/mol. The van der Waals surface area contributed by atoms with E-state index in [4.69, 9.17) is 0 Å². The Balaban J connectivity index is 1.66. The number of alkyl halides is 1. The summed E-state index contributed by atoms with van der Waals surface area (Å²) in [6, 6.07) is 0. The molecule has 122 valence electrons. The van der Waals surface area contributed by atoms with Crippen molar-refractivity contribution in [1.29, 1.82) is 0 Å². The van der Waals surface area contributed by atoms with Crippen LogP contribution in [-0.2, 0) is 18.4 Å². The van der Waals surface area contributed by atoms with Crippen LogP contribution in [0.2, 0.25) is 0 Å². The lowest BCUT2D eigenvalue weighted by Crippen LogP contribution is -2.47. The molecule has 1 atom stereocenters. The Morgan fingerprint density at radius 2 is 2.18 bits per heavy atom. The number of nitrogens with zero attached hydrogens (tertiary/aromatic N) is 4. The number of aromatic nitrogens is 2. The Labute approximate surface area is 131 Å². The standard InChI is InChI=1S/C16H25FN4O/c1-19-13-18-11-14(19)12-20-8-2-4-16(6-9-20)5-3-15(22)21(16)10-7-17/h11,13H,2-10,12H2,1H3/t16-/m0/s1. The highest BCUT2D eigenvalue weighted by Gasteiger charge is 2.45. The Morgan fingerprint density at radius 3 is 2.91 bits per heavy atom. The molecule has 0 N–H and O–H groups in total. The van der Waals surface area contributed by atoms with Crippen LogP contribution in [0.15, 0.2) is 12.5 Å². The Bertz CT molecular complexity index is 532. The van der Waals surface area contributed by atoms with Gasteiger partial charge in [0.1, 0.15) is 6.67 Å². The summed E-state index contributed by atoms with van der Waals surface area (Å²) < 4.78 is 14.9. The van der Waals surface area contributed by atoms with Crippen LogP contribution in [0.25, 0.3) is 0 Å². The van der Waals surface area contributed by atoms with Crippen LogP contribution in [0, 0.1) is 0 Å². The number of halogens is 1. The molecule has 2 saturated heterocycles. The lowest BCUT2D eigenvalue weighted by molar-refractivity contribution is -0.131. The summed E-state index contributed by atoms with van der Waals surface area (Å²) in [6.45, 7) is 2.71. The van der Waals surface area contributed by atoms with Gasteiger partial charge in [0.25, 0.3) is 0 Å². The summed E-state index contributed by atoms with van der Waals surface area (Å²) in [5, 5.41) is 0. The summed E-state index contributed by atoms with van der Waals surface area (Å²) in [5.41, 5.74) is 1.11. The number of hydrogen-bond donors (Lipinski definition) is 0. The molecule has 0 aliphatic carbocycles. The van der Waals surface area contributed by atoms with Crippen LogP contribution < -0.4 is 0 Å². The third-order valence-corrected chi connectivity index (χ3v) is 5.30. The van der Waals surface area contributed by atoms with E-state index in [0.717, 1.165) is 45.3 Å². The molecule has 0 bridgehead atoms. The molecule has 0 unspecified atom stereocenters. The van der Waals surface area contributed by atoms with Gasteiger partial charge in [-0.25, -0.2) is 9.37 Å². The number of amides is 1. The lowest BCUT2D eigenvalue weighted by atomic mass is 9.88. The molecule has 5 nitrogen and oxygen atoms in total. The molecule has 0 saturated carbocycles. The third kappa shape index (κ3) is 2.89. The maximum Gasteiger partial charge on any atom is 0.223 e. The topological polar surface area (TPSA) is 41.4 Å². The smallest absolute Gasteiger partial charge is 0.223 e. The minimum absolute atomic E-state index is 0.0929. The van der Waals surface area contributed by atoms with Gasteiger partial charge >= 0.3 is 0 Å². The highest BCUT2D eigenvalue weighted by molar-refractivity contribution is 5.79. The minimum atomic E-state index is -0.438. The summed E-state index contributed by atoms with van der Waals surface area (Å²) in [7, 11) is 2.01.